The van der Waals surface area contributed by atoms with Crippen LogP contribution in [-0.2, 0) is 0 Å². The summed E-state index contributed by atoms with van der Waals surface area (Å²) in [6.45, 7) is 3.05. The molecular formula is C16H20ClNO4. The molecule has 0 fully saturated rings. The first-order valence-electron chi connectivity index (χ1n) is 6.67. The highest BCUT2D eigenvalue weighted by Crippen LogP contribution is 2.36. The van der Waals surface area contributed by atoms with Crippen molar-refractivity contribution in [3.05, 3.63) is 41.9 Å². The predicted octanol–water partition coefficient (Wildman–Crippen LogP) is 3.32. The first-order chi connectivity index (χ1) is 10.0. The quantitative estimate of drug-likeness (QED) is 0.882. The molecule has 6 heteroatoms. The minimum absolute atomic E-state index is 0. The lowest BCUT2D eigenvalue weighted by Crippen LogP contribution is -2.20. The van der Waals surface area contributed by atoms with Crippen LogP contribution in [0.5, 0.6) is 5.75 Å². The van der Waals surface area contributed by atoms with Gasteiger partial charge in [0.25, 0.3) is 0 Å². The monoisotopic (exact) mass is 325 g/mol. The highest BCUT2D eigenvalue weighted by atomic mass is 35.5. The molecule has 0 saturated heterocycles. The average Bonchev–Trinajstić information content (AvgIpc) is 2.91. The second kappa shape index (κ2) is 7.87. The Balaban J connectivity index is 0.00000242. The van der Waals surface area contributed by atoms with Gasteiger partial charge in [-0.05, 0) is 38.7 Å². The topological polar surface area (TPSA) is 62.9 Å². The molecule has 0 spiro atoms. The highest BCUT2D eigenvalue weighted by molar-refractivity contribution is 5.95. The Labute approximate surface area is 135 Å². The maximum atomic E-state index is 11.4. The smallest absolute Gasteiger partial charge is 0.339 e. The molecule has 0 radical (unpaired) electrons. The molecule has 0 unspecified atom stereocenters. The van der Waals surface area contributed by atoms with Crippen molar-refractivity contribution < 1.29 is 19.1 Å². The number of carboxylic acids is 1. The molecule has 5 nitrogen and oxygen atoms in total. The molecule has 120 valence electrons. The van der Waals surface area contributed by atoms with E-state index in [9.17, 15) is 9.90 Å². The summed E-state index contributed by atoms with van der Waals surface area (Å²) in [6, 6.07) is 5.16. The Bertz CT molecular complexity index is 623. The van der Waals surface area contributed by atoms with Crippen molar-refractivity contribution in [3.63, 3.8) is 0 Å². The van der Waals surface area contributed by atoms with Gasteiger partial charge < -0.3 is 19.2 Å². The van der Waals surface area contributed by atoms with Gasteiger partial charge in [0.2, 0.25) is 0 Å². The Morgan fingerprint density at radius 3 is 2.59 bits per heavy atom. The summed E-state index contributed by atoms with van der Waals surface area (Å²) in [7, 11) is 3.88. The van der Waals surface area contributed by atoms with Crippen LogP contribution in [0.25, 0.3) is 11.1 Å². The molecule has 0 saturated carbocycles. The fraction of sp³-hybridized carbons (Fsp3) is 0.312. The SMILES string of the molecule is Cc1ccc(C(=O)O)c(OCCN(C)C)c1-c1ccoc1.Cl. The number of carbonyl (C=O) groups is 1. The van der Waals surface area contributed by atoms with E-state index < -0.39 is 5.97 Å². The van der Waals surface area contributed by atoms with Gasteiger partial charge >= 0.3 is 5.97 Å². The van der Waals surface area contributed by atoms with E-state index in [-0.39, 0.29) is 18.0 Å². The number of carboxylic acid groups (broad SMARTS) is 1. The van der Waals surface area contributed by atoms with Crippen LogP contribution in [-0.4, -0.2) is 43.2 Å². The second-order valence-corrected chi connectivity index (χ2v) is 5.10. The lowest BCUT2D eigenvalue weighted by atomic mass is 9.98. The third-order valence-electron chi connectivity index (χ3n) is 3.19. The maximum absolute atomic E-state index is 11.4. The summed E-state index contributed by atoms with van der Waals surface area (Å²) >= 11 is 0. The molecule has 0 aliphatic rings. The number of aromatic carboxylic acids is 1. The molecule has 1 N–H and O–H groups in total. The van der Waals surface area contributed by atoms with Crippen molar-refractivity contribution in [2.75, 3.05) is 27.2 Å². The van der Waals surface area contributed by atoms with E-state index in [0.717, 1.165) is 16.7 Å². The standard InChI is InChI=1S/C16H19NO4.ClH/c1-11-4-5-13(16(18)19)15(21-9-7-17(2)3)14(11)12-6-8-20-10-12;/h4-6,8,10H,7,9H2,1-3H3,(H,18,19);1H. The van der Waals surface area contributed by atoms with Gasteiger partial charge in [-0.15, -0.1) is 12.4 Å². The Hall–Kier alpha value is -1.98. The molecular weight excluding hydrogens is 306 g/mol. The van der Waals surface area contributed by atoms with Crippen LogP contribution in [0.15, 0.2) is 35.1 Å². The van der Waals surface area contributed by atoms with Crippen molar-refractivity contribution in [1.29, 1.82) is 0 Å². The van der Waals surface area contributed by atoms with E-state index in [1.165, 1.54) is 0 Å². The summed E-state index contributed by atoms with van der Waals surface area (Å²) in [4.78, 5) is 13.4. The van der Waals surface area contributed by atoms with Crippen molar-refractivity contribution >= 4 is 18.4 Å². The highest BCUT2D eigenvalue weighted by Gasteiger charge is 2.19. The van der Waals surface area contributed by atoms with Crippen molar-refractivity contribution in [1.82, 2.24) is 4.90 Å². The fourth-order valence-corrected chi connectivity index (χ4v) is 2.10. The van der Waals surface area contributed by atoms with Crippen LogP contribution in [0.2, 0.25) is 0 Å². The molecule has 1 aromatic carbocycles. The molecule has 0 bridgehead atoms. The van der Waals surface area contributed by atoms with Crippen LogP contribution >= 0.6 is 12.4 Å². The van der Waals surface area contributed by atoms with Crippen molar-refractivity contribution in [2.24, 2.45) is 0 Å². The van der Waals surface area contributed by atoms with E-state index in [1.807, 2.05) is 25.9 Å². The molecule has 1 aromatic heterocycles. The van der Waals surface area contributed by atoms with Crippen LogP contribution < -0.4 is 4.74 Å². The van der Waals surface area contributed by atoms with Gasteiger partial charge in [-0.3, -0.25) is 0 Å². The Morgan fingerprint density at radius 2 is 2.05 bits per heavy atom. The van der Waals surface area contributed by atoms with Crippen molar-refractivity contribution in [3.8, 4) is 16.9 Å². The number of rotatable bonds is 6. The van der Waals surface area contributed by atoms with Gasteiger partial charge in [-0.2, -0.15) is 0 Å². The number of ether oxygens (including phenoxy) is 1. The summed E-state index contributed by atoms with van der Waals surface area (Å²) in [5, 5.41) is 9.37. The summed E-state index contributed by atoms with van der Waals surface area (Å²) < 4.78 is 10.9. The van der Waals surface area contributed by atoms with Crippen LogP contribution in [0, 0.1) is 6.92 Å². The van der Waals surface area contributed by atoms with Gasteiger partial charge in [-0.1, -0.05) is 6.07 Å². The zero-order chi connectivity index (χ0) is 15.4. The summed E-state index contributed by atoms with van der Waals surface area (Å²) in [5.41, 5.74) is 2.69. The van der Waals surface area contributed by atoms with Crippen molar-refractivity contribution in [2.45, 2.75) is 6.92 Å². The number of hydrogen-bond donors (Lipinski definition) is 1. The number of nitrogens with zero attached hydrogens (tertiary/aromatic N) is 1. The largest absolute Gasteiger partial charge is 0.491 e. The van der Waals surface area contributed by atoms with Gasteiger partial charge in [0.1, 0.15) is 17.9 Å². The van der Waals surface area contributed by atoms with E-state index in [1.54, 1.807) is 30.7 Å². The first-order valence-corrected chi connectivity index (χ1v) is 6.67. The van der Waals surface area contributed by atoms with E-state index in [2.05, 4.69) is 0 Å². The minimum Gasteiger partial charge on any atom is -0.491 e. The van der Waals surface area contributed by atoms with E-state index >= 15 is 0 Å². The molecule has 2 rings (SSSR count). The number of likely N-dealkylation sites (N-methyl/N-ethyl adjacent to an activating group) is 1. The molecule has 0 atom stereocenters. The summed E-state index contributed by atoms with van der Waals surface area (Å²) in [6.07, 6.45) is 3.15. The van der Waals surface area contributed by atoms with Crippen LogP contribution in [0.3, 0.4) is 0 Å². The zero-order valence-electron chi connectivity index (χ0n) is 12.8. The zero-order valence-corrected chi connectivity index (χ0v) is 13.6. The molecule has 22 heavy (non-hydrogen) atoms. The molecule has 0 amide bonds. The fourth-order valence-electron chi connectivity index (χ4n) is 2.10. The van der Waals surface area contributed by atoms with Gasteiger partial charge in [0.15, 0.2) is 0 Å². The maximum Gasteiger partial charge on any atom is 0.339 e. The lowest BCUT2D eigenvalue weighted by Gasteiger charge is -2.17. The van der Waals surface area contributed by atoms with Crippen LogP contribution in [0.4, 0.5) is 0 Å². The van der Waals surface area contributed by atoms with Crippen LogP contribution in [0.1, 0.15) is 15.9 Å². The number of benzene rings is 1. The molecule has 0 aliphatic carbocycles. The van der Waals surface area contributed by atoms with E-state index in [4.69, 9.17) is 9.15 Å². The molecule has 0 aliphatic heterocycles. The third kappa shape index (κ3) is 4.02. The summed E-state index contributed by atoms with van der Waals surface area (Å²) in [5.74, 6) is -0.606. The number of aryl methyl sites for hydroxylation is 1. The molecule has 2 aromatic rings. The number of furan rings is 1. The van der Waals surface area contributed by atoms with E-state index in [0.29, 0.717) is 18.9 Å². The molecule has 1 heterocycles. The minimum atomic E-state index is -1.00. The second-order valence-electron chi connectivity index (χ2n) is 5.10. The first kappa shape index (κ1) is 18.1. The Morgan fingerprint density at radius 1 is 1.32 bits per heavy atom. The average molecular weight is 326 g/mol. The lowest BCUT2D eigenvalue weighted by molar-refractivity contribution is 0.0692. The predicted molar refractivity (Wildman–Crippen MR) is 87.1 cm³/mol. The third-order valence-corrected chi connectivity index (χ3v) is 3.19. The van der Waals surface area contributed by atoms with Gasteiger partial charge in [0, 0.05) is 17.7 Å². The number of halogens is 1. The Kier molecular flexibility index (Phi) is 6.46. The van der Waals surface area contributed by atoms with Gasteiger partial charge in [-0.25, -0.2) is 4.79 Å². The van der Waals surface area contributed by atoms with Gasteiger partial charge in [0.05, 0.1) is 12.5 Å². The normalized spacial score (nSPS) is 10.4. The number of hydrogen-bond acceptors (Lipinski definition) is 4.